The van der Waals surface area contributed by atoms with Gasteiger partial charge in [0.25, 0.3) is 0 Å². The van der Waals surface area contributed by atoms with Gasteiger partial charge in [0.1, 0.15) is 28.8 Å². The van der Waals surface area contributed by atoms with Gasteiger partial charge in [0.2, 0.25) is 17.7 Å². The number of nitrogens with zero attached hydrogens (tertiary/aromatic N) is 8. The molecule has 72 heavy (non-hydrogen) atoms. The van der Waals surface area contributed by atoms with Crippen molar-refractivity contribution in [1.29, 1.82) is 5.41 Å². The average molecular weight is 988 g/mol. The van der Waals surface area contributed by atoms with Gasteiger partial charge in [-0.1, -0.05) is 57.1 Å². The number of urea groups is 1. The lowest BCUT2D eigenvalue weighted by molar-refractivity contribution is -0.133. The highest BCUT2D eigenvalue weighted by molar-refractivity contribution is 6.22. The van der Waals surface area contributed by atoms with Gasteiger partial charge in [-0.25, -0.2) is 14.3 Å². The fourth-order valence-electron chi connectivity index (χ4n) is 9.10. The summed E-state index contributed by atoms with van der Waals surface area (Å²) in [6, 6.07) is 18.9. The highest BCUT2D eigenvalue weighted by atomic mass is 16.3. The Morgan fingerprint density at radius 2 is 1.17 bits per heavy atom. The first kappa shape index (κ1) is 52.1. The summed E-state index contributed by atoms with van der Waals surface area (Å²) in [5.41, 5.74) is 10.1. The lowest BCUT2D eigenvalue weighted by Crippen LogP contribution is -2.48. The molecular formula is C52H65N11O9. The van der Waals surface area contributed by atoms with Gasteiger partial charge in [0.15, 0.2) is 5.82 Å². The topological polar surface area (TPSA) is 278 Å². The summed E-state index contributed by atoms with van der Waals surface area (Å²) in [5.74, 6) is -1.12. The van der Waals surface area contributed by atoms with Crippen LogP contribution in [-0.2, 0) is 27.5 Å². The van der Waals surface area contributed by atoms with Crippen molar-refractivity contribution < 1.29 is 44.7 Å². The summed E-state index contributed by atoms with van der Waals surface area (Å²) in [6.45, 7) is 13.9. The molecule has 0 saturated carbocycles. The molecule has 0 bridgehead atoms. The van der Waals surface area contributed by atoms with Gasteiger partial charge in [-0.05, 0) is 76.9 Å². The van der Waals surface area contributed by atoms with Gasteiger partial charge in [-0.15, -0.1) is 5.10 Å². The third-order valence-corrected chi connectivity index (χ3v) is 13.2. The zero-order valence-corrected chi connectivity index (χ0v) is 41.2. The van der Waals surface area contributed by atoms with Crippen molar-refractivity contribution in [2.45, 2.75) is 78.3 Å². The maximum Gasteiger partial charge on any atom is 0.325 e. The van der Waals surface area contributed by atoms with Gasteiger partial charge >= 0.3 is 12.0 Å². The molecule has 2 saturated heterocycles. The van der Waals surface area contributed by atoms with E-state index in [2.05, 4.69) is 25.3 Å². The second-order valence-corrected chi connectivity index (χ2v) is 18.9. The van der Waals surface area contributed by atoms with Crippen molar-refractivity contribution in [2.75, 3.05) is 63.8 Å². The van der Waals surface area contributed by atoms with Crippen LogP contribution in [0.25, 0.3) is 17.1 Å². The highest BCUT2D eigenvalue weighted by Gasteiger charge is 2.27. The third-order valence-electron chi connectivity index (χ3n) is 13.2. The second-order valence-electron chi connectivity index (χ2n) is 18.9. The number of nitrogens with one attached hydrogen (secondary N) is 2. The summed E-state index contributed by atoms with van der Waals surface area (Å²) in [5, 5.41) is 71.8. The molecule has 382 valence electrons. The van der Waals surface area contributed by atoms with Crippen molar-refractivity contribution in [2.24, 2.45) is 5.73 Å². The summed E-state index contributed by atoms with van der Waals surface area (Å²) < 4.78 is 1.44. The van der Waals surface area contributed by atoms with E-state index >= 15 is 0 Å². The first-order chi connectivity index (χ1) is 34.4. The second kappa shape index (κ2) is 23.0. The number of hydrogen-bond donors (Lipinski definition) is 8. The number of aromatic hydroxyl groups is 5. The summed E-state index contributed by atoms with van der Waals surface area (Å²) in [6.07, 6.45) is 1.01. The van der Waals surface area contributed by atoms with E-state index in [1.807, 2.05) is 69.0 Å². The van der Waals surface area contributed by atoms with Crippen LogP contribution < -0.4 is 16.0 Å². The molecule has 2 fully saturated rings. The van der Waals surface area contributed by atoms with Crippen LogP contribution in [0.15, 0.2) is 72.8 Å². The van der Waals surface area contributed by atoms with Crippen LogP contribution in [-0.4, -0.2) is 148 Å². The lowest BCUT2D eigenvalue weighted by Gasteiger charge is -2.35. The molecule has 9 N–H and O–H groups in total. The fraction of sp³-hybridized carbons (Fsp3) is 0.404. The van der Waals surface area contributed by atoms with E-state index in [0.29, 0.717) is 99.9 Å². The number of aromatic nitrogens is 3. The Labute approximate surface area is 418 Å². The van der Waals surface area contributed by atoms with Crippen molar-refractivity contribution in [3.8, 4) is 46.1 Å². The minimum Gasteiger partial charge on any atom is -0.508 e. The highest BCUT2D eigenvalue weighted by Crippen LogP contribution is 2.39. The summed E-state index contributed by atoms with van der Waals surface area (Å²) >= 11 is 0. The molecule has 20 heteroatoms. The molecule has 4 aromatic carbocycles. The molecule has 2 aliphatic rings. The number of nitrogens with two attached hydrogens (primary N) is 1. The molecule has 2 aliphatic heterocycles. The Bertz CT molecular complexity index is 2760. The summed E-state index contributed by atoms with van der Waals surface area (Å²) in [4.78, 5) is 60.3. The van der Waals surface area contributed by atoms with Crippen LogP contribution in [0, 0.1) is 5.41 Å². The number of amides is 5. The molecule has 20 nitrogen and oxygen atoms in total. The molecule has 0 spiro atoms. The molecule has 0 atom stereocenters. The molecule has 1 aromatic heterocycles. The third kappa shape index (κ3) is 12.4. The molecule has 5 aromatic rings. The molecule has 5 amide bonds. The first-order valence-corrected chi connectivity index (χ1v) is 24.3. The van der Waals surface area contributed by atoms with Gasteiger partial charge in [0, 0.05) is 103 Å². The minimum atomic E-state index is -0.900. The van der Waals surface area contributed by atoms with E-state index in [9.17, 15) is 44.7 Å². The van der Waals surface area contributed by atoms with E-state index in [1.54, 1.807) is 23.1 Å². The Balaban J connectivity index is 0.773. The molecule has 7 rings (SSSR count). The average Bonchev–Trinajstić information content (AvgIpc) is 3.72. The normalized spacial score (nSPS) is 14.5. The van der Waals surface area contributed by atoms with E-state index < -0.39 is 6.03 Å². The lowest BCUT2D eigenvalue weighted by atomic mass is 9.98. The van der Waals surface area contributed by atoms with Crippen molar-refractivity contribution in [1.82, 2.24) is 39.7 Å². The number of carbonyl (C=O) groups excluding carboxylic acids is 4. The van der Waals surface area contributed by atoms with E-state index in [0.717, 1.165) is 22.1 Å². The molecule has 0 unspecified atom stereocenters. The number of amidine groups is 1. The molecule has 0 aliphatic carbocycles. The first-order valence-electron chi connectivity index (χ1n) is 24.3. The SMILES string of the molecule is CC(C)c1cc(C(=N)N(C(N)=O)c2ccc(CN3CCN(C(=O)CCNC(=O)CCCC(=O)N4CCN(Cc5ccc(-n6c(O)nnc6-c6cc(C(C)C)c(O)cc6O)cc5)CC4)CC3)cc2)c(O)cc1O. The number of phenolic OH excluding ortho intramolecular Hbond substituents is 4. The number of rotatable bonds is 17. The molecular weight excluding hydrogens is 923 g/mol. The van der Waals surface area contributed by atoms with Gasteiger partial charge in [0.05, 0.1) is 22.5 Å². The summed E-state index contributed by atoms with van der Waals surface area (Å²) in [7, 11) is 0. The van der Waals surface area contributed by atoms with Crippen LogP contribution >= 0.6 is 0 Å². The van der Waals surface area contributed by atoms with Crippen molar-refractivity contribution >= 4 is 35.3 Å². The van der Waals surface area contributed by atoms with E-state index in [1.165, 1.54) is 16.7 Å². The maximum atomic E-state index is 13.0. The largest absolute Gasteiger partial charge is 0.508 e. The Kier molecular flexibility index (Phi) is 16.7. The fourth-order valence-corrected chi connectivity index (χ4v) is 9.10. The van der Waals surface area contributed by atoms with E-state index in [-0.39, 0.29) is 102 Å². The van der Waals surface area contributed by atoms with Gasteiger partial charge < -0.3 is 46.4 Å². The number of anilines is 1. The predicted molar refractivity (Wildman–Crippen MR) is 270 cm³/mol. The standard InChI is InChI=1S/C52H65N11O9/c1-32(2)38-26-40(44(66)28-42(38)64)49(53)62(51(54)71)36-12-8-34(9-13-36)30-59-20-24-61(25-21-59)48(70)16-17-55-46(68)6-5-7-47(69)60-22-18-58(19-23-60)31-35-10-14-37(15-11-35)63-50(56-57-52(63)72)41-27-39(33(3)4)43(65)29-45(41)67/h8-15,26-29,32-33,53,64-67H,5-7,16-25,30-31H2,1-4H3,(H2,54,71)(H,55,68)(H,57,72). The van der Waals surface area contributed by atoms with Crippen LogP contribution in [0.5, 0.6) is 29.0 Å². The van der Waals surface area contributed by atoms with Gasteiger partial charge in [-0.2, -0.15) is 0 Å². The minimum absolute atomic E-state index is 0.00279. The van der Waals surface area contributed by atoms with Crippen LogP contribution in [0.1, 0.15) is 93.0 Å². The number of primary amides is 1. The predicted octanol–water partition coefficient (Wildman–Crippen LogP) is 5.28. The monoisotopic (exact) mass is 987 g/mol. The molecule has 0 radical (unpaired) electrons. The number of piperazine rings is 2. The van der Waals surface area contributed by atoms with Crippen LogP contribution in [0.2, 0.25) is 0 Å². The van der Waals surface area contributed by atoms with Crippen LogP contribution in [0.4, 0.5) is 10.5 Å². The van der Waals surface area contributed by atoms with Gasteiger partial charge in [-0.3, -0.25) is 29.6 Å². The number of hydrogen-bond acceptors (Lipinski definition) is 14. The van der Waals surface area contributed by atoms with Crippen molar-refractivity contribution in [3.05, 3.63) is 101 Å². The number of benzene rings is 4. The number of carbonyl (C=O) groups is 4. The van der Waals surface area contributed by atoms with E-state index in [4.69, 9.17) is 11.1 Å². The maximum absolute atomic E-state index is 13.0. The number of phenols is 4. The van der Waals surface area contributed by atoms with Crippen molar-refractivity contribution in [3.63, 3.8) is 0 Å². The zero-order chi connectivity index (χ0) is 51.8. The Morgan fingerprint density at radius 1 is 0.653 bits per heavy atom. The Morgan fingerprint density at radius 3 is 1.71 bits per heavy atom. The smallest absolute Gasteiger partial charge is 0.325 e. The quantitative estimate of drug-likeness (QED) is 0.0435. The Hall–Kier alpha value is -7.71. The zero-order valence-electron chi connectivity index (χ0n) is 41.2. The van der Waals surface area contributed by atoms with Crippen LogP contribution in [0.3, 0.4) is 0 Å². The molecule has 3 heterocycles.